The highest BCUT2D eigenvalue weighted by Crippen LogP contribution is 2.16. The van der Waals surface area contributed by atoms with Crippen LogP contribution in [0.2, 0.25) is 0 Å². The van der Waals surface area contributed by atoms with Gasteiger partial charge in [0.2, 0.25) is 0 Å². The molecule has 0 bridgehead atoms. The number of fused-ring (bicyclic) bond motifs is 1. The molecule has 0 radical (unpaired) electrons. The van der Waals surface area contributed by atoms with Crippen molar-refractivity contribution in [2.75, 3.05) is 0 Å². The quantitative estimate of drug-likeness (QED) is 0.462. The van der Waals surface area contributed by atoms with Gasteiger partial charge in [0.05, 0.1) is 29.0 Å². The number of nitrogens with one attached hydrogen (secondary N) is 1. The van der Waals surface area contributed by atoms with Gasteiger partial charge in [-0.05, 0) is 18.6 Å². The fourth-order valence-electron chi connectivity index (χ4n) is 1.58. The Labute approximate surface area is 94.2 Å². The molecule has 0 saturated carbocycles. The Balaban J connectivity index is 2.41. The van der Waals surface area contributed by atoms with E-state index in [0.29, 0.717) is 0 Å². The molecule has 3 N–H and O–H groups in total. The number of nitrogens with zero attached hydrogens (tertiary/aromatic N) is 2. The number of hydrogen-bond donors (Lipinski definition) is 2. The average Bonchev–Trinajstić information content (AvgIpc) is 2.35. The minimum absolute atomic E-state index is 0.0328. The Hall–Kier alpha value is -1.78. The van der Waals surface area contributed by atoms with Crippen molar-refractivity contribution >= 4 is 11.0 Å². The highest BCUT2D eigenvalue weighted by molar-refractivity contribution is 5.73. The van der Waals surface area contributed by atoms with Gasteiger partial charge in [0.15, 0.2) is 0 Å². The number of hydrogen-bond acceptors (Lipinski definition) is 4. The maximum atomic E-state index is 5.47. The van der Waals surface area contributed by atoms with Crippen LogP contribution >= 0.6 is 0 Å². The largest absolute Gasteiger partial charge is 0.271 e. The Morgan fingerprint density at radius 1 is 1.38 bits per heavy atom. The lowest BCUT2D eigenvalue weighted by Gasteiger charge is -2.12. The molecule has 0 aliphatic carbocycles. The second kappa shape index (κ2) is 4.83. The van der Waals surface area contributed by atoms with Gasteiger partial charge >= 0.3 is 0 Å². The van der Waals surface area contributed by atoms with Gasteiger partial charge < -0.3 is 0 Å². The smallest absolute Gasteiger partial charge is 0.0890 e. The predicted molar refractivity (Wildman–Crippen MR) is 64.4 cm³/mol. The minimum atomic E-state index is -0.0328. The van der Waals surface area contributed by atoms with Crippen LogP contribution in [0.5, 0.6) is 0 Å². The zero-order valence-corrected chi connectivity index (χ0v) is 8.93. The van der Waals surface area contributed by atoms with Gasteiger partial charge in [-0.25, -0.2) is 4.98 Å². The van der Waals surface area contributed by atoms with Crippen molar-refractivity contribution < 1.29 is 0 Å². The third kappa shape index (κ3) is 2.08. The van der Waals surface area contributed by atoms with E-state index >= 15 is 0 Å². The third-order valence-electron chi connectivity index (χ3n) is 2.43. The summed E-state index contributed by atoms with van der Waals surface area (Å²) >= 11 is 0. The van der Waals surface area contributed by atoms with Gasteiger partial charge in [-0.15, -0.1) is 6.58 Å². The molecule has 1 atom stereocenters. The van der Waals surface area contributed by atoms with Gasteiger partial charge in [0, 0.05) is 0 Å². The van der Waals surface area contributed by atoms with E-state index in [9.17, 15) is 0 Å². The van der Waals surface area contributed by atoms with Crippen LogP contribution < -0.4 is 11.3 Å². The van der Waals surface area contributed by atoms with Crippen LogP contribution in [0, 0.1) is 0 Å². The molecule has 2 rings (SSSR count). The first-order valence-electron chi connectivity index (χ1n) is 5.14. The van der Waals surface area contributed by atoms with Crippen LogP contribution in [0.1, 0.15) is 18.2 Å². The van der Waals surface area contributed by atoms with Crippen LogP contribution in [0.4, 0.5) is 0 Å². The zero-order valence-electron chi connectivity index (χ0n) is 8.93. The van der Waals surface area contributed by atoms with Crippen molar-refractivity contribution in [2.45, 2.75) is 12.5 Å². The Bertz CT molecular complexity index is 495. The van der Waals surface area contributed by atoms with E-state index in [0.717, 1.165) is 23.1 Å². The first kappa shape index (κ1) is 10.7. The summed E-state index contributed by atoms with van der Waals surface area (Å²) in [7, 11) is 0. The Morgan fingerprint density at radius 3 is 2.81 bits per heavy atom. The molecule has 0 fully saturated rings. The van der Waals surface area contributed by atoms with E-state index in [-0.39, 0.29) is 6.04 Å². The lowest BCUT2D eigenvalue weighted by molar-refractivity contribution is 0.547. The lowest BCUT2D eigenvalue weighted by Crippen LogP contribution is -2.28. The highest BCUT2D eigenvalue weighted by atomic mass is 15.2. The molecule has 0 spiro atoms. The summed E-state index contributed by atoms with van der Waals surface area (Å²) < 4.78 is 0. The summed E-state index contributed by atoms with van der Waals surface area (Å²) in [6, 6.07) is 7.73. The van der Waals surface area contributed by atoms with Crippen LogP contribution in [0.25, 0.3) is 11.0 Å². The Kier molecular flexibility index (Phi) is 3.24. The topological polar surface area (TPSA) is 63.8 Å². The molecular formula is C12H14N4. The summed E-state index contributed by atoms with van der Waals surface area (Å²) in [4.78, 5) is 8.85. The molecule has 0 amide bonds. The number of rotatable bonds is 4. The number of para-hydroxylation sites is 2. The SMILES string of the molecule is C=CCC(NN)c1cnc2ccccc2n1. The van der Waals surface area contributed by atoms with Crippen molar-refractivity contribution in [1.29, 1.82) is 0 Å². The minimum Gasteiger partial charge on any atom is -0.271 e. The maximum absolute atomic E-state index is 5.47. The van der Waals surface area contributed by atoms with Gasteiger partial charge in [-0.2, -0.15) is 0 Å². The van der Waals surface area contributed by atoms with Gasteiger partial charge in [0.1, 0.15) is 0 Å². The molecule has 1 heterocycles. The first-order valence-corrected chi connectivity index (χ1v) is 5.14. The highest BCUT2D eigenvalue weighted by Gasteiger charge is 2.10. The molecule has 1 unspecified atom stereocenters. The third-order valence-corrected chi connectivity index (χ3v) is 2.43. The van der Waals surface area contributed by atoms with Crippen molar-refractivity contribution in [3.05, 3.63) is 48.8 Å². The van der Waals surface area contributed by atoms with Gasteiger partial charge in [0.25, 0.3) is 0 Å². The number of nitrogens with two attached hydrogens (primary N) is 1. The maximum Gasteiger partial charge on any atom is 0.0890 e. The van der Waals surface area contributed by atoms with Crippen molar-refractivity contribution in [2.24, 2.45) is 5.84 Å². The lowest BCUT2D eigenvalue weighted by atomic mass is 10.1. The van der Waals surface area contributed by atoms with Gasteiger partial charge in [-0.3, -0.25) is 16.3 Å². The monoisotopic (exact) mass is 214 g/mol. The first-order chi connectivity index (χ1) is 7.85. The van der Waals surface area contributed by atoms with E-state index in [4.69, 9.17) is 5.84 Å². The molecule has 1 aromatic heterocycles. The second-order valence-electron chi connectivity index (χ2n) is 3.53. The molecule has 0 aliphatic rings. The van der Waals surface area contributed by atoms with Crippen molar-refractivity contribution in [3.63, 3.8) is 0 Å². The molecule has 1 aromatic carbocycles. The van der Waals surface area contributed by atoms with Crippen molar-refractivity contribution in [1.82, 2.24) is 15.4 Å². The average molecular weight is 214 g/mol. The van der Waals surface area contributed by atoms with E-state index in [1.165, 1.54) is 0 Å². The zero-order chi connectivity index (χ0) is 11.4. The second-order valence-corrected chi connectivity index (χ2v) is 3.53. The fourth-order valence-corrected chi connectivity index (χ4v) is 1.58. The van der Waals surface area contributed by atoms with Crippen LogP contribution in [-0.2, 0) is 0 Å². The normalized spacial score (nSPS) is 12.6. The molecule has 0 saturated heterocycles. The number of aromatic nitrogens is 2. The number of benzene rings is 1. The molecule has 4 heteroatoms. The van der Waals surface area contributed by atoms with E-state index in [1.54, 1.807) is 12.3 Å². The van der Waals surface area contributed by atoms with Crippen LogP contribution in [0.3, 0.4) is 0 Å². The van der Waals surface area contributed by atoms with Gasteiger partial charge in [-0.1, -0.05) is 18.2 Å². The summed E-state index contributed by atoms with van der Waals surface area (Å²) in [6.07, 6.45) is 4.28. The summed E-state index contributed by atoms with van der Waals surface area (Å²) in [6.45, 7) is 3.69. The van der Waals surface area contributed by atoms with Crippen LogP contribution in [0.15, 0.2) is 43.1 Å². The molecule has 82 valence electrons. The van der Waals surface area contributed by atoms with E-state index < -0.39 is 0 Å². The molecule has 16 heavy (non-hydrogen) atoms. The summed E-state index contributed by atoms with van der Waals surface area (Å²) in [5.74, 6) is 5.47. The van der Waals surface area contributed by atoms with E-state index in [2.05, 4.69) is 22.0 Å². The fraction of sp³-hybridized carbons (Fsp3) is 0.167. The summed E-state index contributed by atoms with van der Waals surface area (Å²) in [5, 5.41) is 0. The summed E-state index contributed by atoms with van der Waals surface area (Å²) in [5.41, 5.74) is 5.31. The standard InChI is InChI=1S/C12H14N4/c1-2-5-11(16-13)12-8-14-9-6-3-4-7-10(9)15-12/h2-4,6-8,11,16H,1,5,13H2. The molecule has 0 aliphatic heterocycles. The Morgan fingerprint density at radius 2 is 2.12 bits per heavy atom. The van der Waals surface area contributed by atoms with Crippen molar-refractivity contribution in [3.8, 4) is 0 Å². The molecule has 2 aromatic rings. The number of hydrazine groups is 1. The van der Waals surface area contributed by atoms with E-state index in [1.807, 2.05) is 24.3 Å². The molecular weight excluding hydrogens is 200 g/mol. The predicted octanol–water partition coefficient (Wildman–Crippen LogP) is 1.71. The van der Waals surface area contributed by atoms with Crippen LogP contribution in [-0.4, -0.2) is 9.97 Å². The molecule has 4 nitrogen and oxygen atoms in total.